The number of hydrogen-bond donors (Lipinski definition) is 2. The molecule has 1 aromatic carbocycles. The molecule has 0 fully saturated rings. The maximum Gasteiger partial charge on any atom is 0.335 e. The molecule has 3 heteroatoms. The van der Waals surface area contributed by atoms with Crippen LogP contribution < -0.4 is 5.32 Å². The van der Waals surface area contributed by atoms with Crippen LogP contribution in [0.4, 0.5) is 0 Å². The minimum Gasteiger partial charge on any atom is -0.478 e. The Kier molecular flexibility index (Phi) is 4.57. The molecule has 0 unspecified atom stereocenters. The van der Waals surface area contributed by atoms with Gasteiger partial charge in [-0.15, -0.1) is 0 Å². The molecule has 0 aliphatic rings. The molecule has 80 valence electrons. The van der Waals surface area contributed by atoms with Crippen molar-refractivity contribution in [3.8, 4) is 0 Å². The van der Waals surface area contributed by atoms with E-state index in [1.165, 1.54) is 0 Å². The number of aromatic carboxylic acids is 1. The van der Waals surface area contributed by atoms with Gasteiger partial charge in [0.1, 0.15) is 0 Å². The van der Waals surface area contributed by atoms with Crippen LogP contribution in [0.15, 0.2) is 36.4 Å². The molecule has 1 aromatic rings. The van der Waals surface area contributed by atoms with Gasteiger partial charge in [-0.2, -0.15) is 0 Å². The molecule has 0 amide bonds. The fraction of sp³-hybridized carbons (Fsp3) is 0.250. The summed E-state index contributed by atoms with van der Waals surface area (Å²) >= 11 is 0. The first-order valence-electron chi connectivity index (χ1n) is 4.88. The van der Waals surface area contributed by atoms with Crippen LogP contribution in [0, 0.1) is 0 Å². The quantitative estimate of drug-likeness (QED) is 0.571. The van der Waals surface area contributed by atoms with Crippen LogP contribution in [0.25, 0.3) is 0 Å². The van der Waals surface area contributed by atoms with Crippen molar-refractivity contribution in [3.05, 3.63) is 47.5 Å². The third-order valence-corrected chi connectivity index (χ3v) is 2.03. The van der Waals surface area contributed by atoms with Crippen molar-refractivity contribution in [2.24, 2.45) is 0 Å². The Bertz CT molecular complexity index is 341. The second-order valence-electron chi connectivity index (χ2n) is 3.20. The lowest BCUT2D eigenvalue weighted by molar-refractivity contribution is 0.0697. The number of carboxylic acids is 1. The van der Waals surface area contributed by atoms with E-state index in [1.807, 2.05) is 31.2 Å². The Morgan fingerprint density at radius 2 is 2.07 bits per heavy atom. The van der Waals surface area contributed by atoms with Gasteiger partial charge in [-0.05, 0) is 24.6 Å². The fourth-order valence-corrected chi connectivity index (χ4v) is 1.18. The highest BCUT2D eigenvalue weighted by atomic mass is 16.4. The van der Waals surface area contributed by atoms with Crippen molar-refractivity contribution in [1.29, 1.82) is 0 Å². The van der Waals surface area contributed by atoms with Crippen molar-refractivity contribution in [1.82, 2.24) is 5.32 Å². The highest BCUT2D eigenvalue weighted by Gasteiger charge is 2.00. The monoisotopic (exact) mass is 205 g/mol. The third-order valence-electron chi connectivity index (χ3n) is 2.03. The maximum absolute atomic E-state index is 10.6. The lowest BCUT2D eigenvalue weighted by Gasteiger charge is -2.02. The lowest BCUT2D eigenvalue weighted by Crippen LogP contribution is -2.12. The number of carboxylic acid groups (broad SMARTS) is 1. The fourth-order valence-electron chi connectivity index (χ4n) is 1.18. The molecule has 3 nitrogen and oxygen atoms in total. The standard InChI is InChI=1S/C12H15NO2/c1-2-3-8-13-9-10-4-6-11(7-5-10)12(14)15/h2-7,13H,8-9H2,1H3,(H,14,15). The van der Waals surface area contributed by atoms with E-state index in [1.54, 1.807) is 12.1 Å². The molecule has 0 aliphatic heterocycles. The van der Waals surface area contributed by atoms with Crippen molar-refractivity contribution < 1.29 is 9.90 Å². The summed E-state index contributed by atoms with van der Waals surface area (Å²) < 4.78 is 0. The summed E-state index contributed by atoms with van der Waals surface area (Å²) in [5.41, 5.74) is 1.41. The molecular weight excluding hydrogens is 190 g/mol. The molecule has 0 heterocycles. The molecule has 0 aliphatic carbocycles. The average Bonchev–Trinajstić information content (AvgIpc) is 2.25. The summed E-state index contributed by atoms with van der Waals surface area (Å²) in [4.78, 5) is 10.6. The van der Waals surface area contributed by atoms with E-state index in [0.717, 1.165) is 18.7 Å². The van der Waals surface area contributed by atoms with E-state index < -0.39 is 5.97 Å². The highest BCUT2D eigenvalue weighted by molar-refractivity contribution is 5.87. The van der Waals surface area contributed by atoms with E-state index in [-0.39, 0.29) is 0 Å². The van der Waals surface area contributed by atoms with Crippen molar-refractivity contribution >= 4 is 5.97 Å². The number of hydrogen-bond acceptors (Lipinski definition) is 2. The molecule has 0 saturated heterocycles. The SMILES string of the molecule is CC=CCNCc1ccc(C(=O)O)cc1. The zero-order valence-electron chi connectivity index (χ0n) is 8.73. The highest BCUT2D eigenvalue weighted by Crippen LogP contribution is 2.03. The Hall–Kier alpha value is -1.61. The minimum atomic E-state index is -0.886. The second kappa shape index (κ2) is 5.98. The number of nitrogens with one attached hydrogen (secondary N) is 1. The summed E-state index contributed by atoms with van der Waals surface area (Å²) in [5.74, 6) is -0.886. The predicted octanol–water partition coefficient (Wildman–Crippen LogP) is 2.05. The summed E-state index contributed by atoms with van der Waals surface area (Å²) in [6.45, 7) is 3.56. The van der Waals surface area contributed by atoms with Crippen LogP contribution in [-0.2, 0) is 6.54 Å². The molecule has 0 aromatic heterocycles. The van der Waals surface area contributed by atoms with E-state index in [9.17, 15) is 4.79 Å². The number of carbonyl (C=O) groups is 1. The molecule has 0 spiro atoms. The van der Waals surface area contributed by atoms with Gasteiger partial charge in [0.25, 0.3) is 0 Å². The molecule has 0 bridgehead atoms. The minimum absolute atomic E-state index is 0.326. The molecule has 1 rings (SSSR count). The topological polar surface area (TPSA) is 49.3 Å². The number of benzene rings is 1. The smallest absolute Gasteiger partial charge is 0.335 e. The van der Waals surface area contributed by atoms with E-state index >= 15 is 0 Å². The zero-order chi connectivity index (χ0) is 11.1. The third kappa shape index (κ3) is 3.95. The maximum atomic E-state index is 10.6. The normalized spacial score (nSPS) is 10.7. The van der Waals surface area contributed by atoms with Gasteiger partial charge in [-0.3, -0.25) is 0 Å². The van der Waals surface area contributed by atoms with Gasteiger partial charge >= 0.3 is 5.97 Å². The average molecular weight is 205 g/mol. The zero-order valence-corrected chi connectivity index (χ0v) is 8.73. The Balaban J connectivity index is 2.46. The van der Waals surface area contributed by atoms with Crippen LogP contribution in [0.3, 0.4) is 0 Å². The van der Waals surface area contributed by atoms with Gasteiger partial charge in [-0.1, -0.05) is 24.3 Å². The van der Waals surface area contributed by atoms with Gasteiger partial charge in [0.15, 0.2) is 0 Å². The van der Waals surface area contributed by atoms with Gasteiger partial charge in [0, 0.05) is 13.1 Å². The van der Waals surface area contributed by atoms with E-state index in [0.29, 0.717) is 5.56 Å². The Morgan fingerprint density at radius 3 is 2.60 bits per heavy atom. The van der Waals surface area contributed by atoms with Crippen LogP contribution >= 0.6 is 0 Å². The molecule has 0 atom stereocenters. The summed E-state index contributed by atoms with van der Waals surface area (Å²) in [5, 5.41) is 11.9. The van der Waals surface area contributed by atoms with E-state index in [2.05, 4.69) is 5.32 Å². The van der Waals surface area contributed by atoms with Crippen molar-refractivity contribution in [2.75, 3.05) is 6.54 Å². The van der Waals surface area contributed by atoms with Crippen LogP contribution in [0.2, 0.25) is 0 Å². The van der Waals surface area contributed by atoms with Crippen LogP contribution in [0.1, 0.15) is 22.8 Å². The summed E-state index contributed by atoms with van der Waals surface area (Å²) in [6, 6.07) is 6.89. The molecule has 0 saturated carbocycles. The first-order chi connectivity index (χ1) is 7.24. The predicted molar refractivity (Wildman–Crippen MR) is 59.9 cm³/mol. The van der Waals surface area contributed by atoms with Gasteiger partial charge < -0.3 is 10.4 Å². The van der Waals surface area contributed by atoms with Gasteiger partial charge in [0.05, 0.1) is 5.56 Å². The largest absolute Gasteiger partial charge is 0.478 e. The first-order valence-corrected chi connectivity index (χ1v) is 4.88. The van der Waals surface area contributed by atoms with Gasteiger partial charge in [0.2, 0.25) is 0 Å². The van der Waals surface area contributed by atoms with Crippen molar-refractivity contribution in [2.45, 2.75) is 13.5 Å². The van der Waals surface area contributed by atoms with E-state index in [4.69, 9.17) is 5.11 Å². The van der Waals surface area contributed by atoms with Crippen LogP contribution in [0.5, 0.6) is 0 Å². The van der Waals surface area contributed by atoms with Crippen LogP contribution in [-0.4, -0.2) is 17.6 Å². The summed E-state index contributed by atoms with van der Waals surface area (Å²) in [7, 11) is 0. The molecule has 2 N–H and O–H groups in total. The number of rotatable bonds is 5. The van der Waals surface area contributed by atoms with Gasteiger partial charge in [-0.25, -0.2) is 4.79 Å². The Morgan fingerprint density at radius 1 is 1.40 bits per heavy atom. The lowest BCUT2D eigenvalue weighted by atomic mass is 10.1. The van der Waals surface area contributed by atoms with Crippen molar-refractivity contribution in [3.63, 3.8) is 0 Å². The Labute approximate surface area is 89.4 Å². The second-order valence-corrected chi connectivity index (χ2v) is 3.20. The number of allylic oxidation sites excluding steroid dienone is 1. The summed E-state index contributed by atoms with van der Waals surface area (Å²) in [6.07, 6.45) is 4.02. The molecular formula is C12H15NO2. The molecule has 0 radical (unpaired) electrons. The first kappa shape index (κ1) is 11.5. The molecule has 15 heavy (non-hydrogen) atoms.